The number of carbonyl (C=O) groups excluding carboxylic acids is 1. The molecule has 0 aliphatic carbocycles. The van der Waals surface area contributed by atoms with Gasteiger partial charge >= 0.3 is 0 Å². The summed E-state index contributed by atoms with van der Waals surface area (Å²) < 4.78 is 0. The summed E-state index contributed by atoms with van der Waals surface area (Å²) in [7, 11) is 0. The Morgan fingerprint density at radius 3 is 2.25 bits per heavy atom. The van der Waals surface area contributed by atoms with Crippen molar-refractivity contribution in [2.45, 2.75) is 33.7 Å². The number of nitrogens with one attached hydrogen (secondary N) is 1. The molecule has 0 bridgehead atoms. The van der Waals surface area contributed by atoms with E-state index in [2.05, 4.69) is 61.1 Å². The molecule has 0 saturated heterocycles. The van der Waals surface area contributed by atoms with Crippen LogP contribution in [0.5, 0.6) is 0 Å². The quantitative estimate of drug-likeness (QED) is 0.362. The summed E-state index contributed by atoms with van der Waals surface area (Å²) in [6, 6.07) is 16.3. The highest BCUT2D eigenvalue weighted by Gasteiger charge is 2.24. The normalized spacial score (nSPS) is 13.2. The summed E-state index contributed by atoms with van der Waals surface area (Å²) in [5.41, 5.74) is 9.05. The van der Waals surface area contributed by atoms with E-state index in [4.69, 9.17) is 5.73 Å². The smallest absolute Gasteiger partial charge is 0.159 e. The molecule has 0 radical (unpaired) electrons. The van der Waals surface area contributed by atoms with Crippen LogP contribution in [0.25, 0.3) is 32.8 Å². The lowest BCUT2D eigenvalue weighted by atomic mass is 9.87. The Bertz CT molecular complexity index is 1200. The number of hydrogen-bond donors (Lipinski definition) is 2. The van der Waals surface area contributed by atoms with E-state index in [0.29, 0.717) is 0 Å². The molecule has 0 fully saturated rings. The molecule has 4 aromatic rings. The molecule has 142 valence electrons. The van der Waals surface area contributed by atoms with Gasteiger partial charge in [-0.1, -0.05) is 45.0 Å². The zero-order chi connectivity index (χ0) is 20.1. The minimum Gasteiger partial charge on any atom is -0.341 e. The third-order valence-electron chi connectivity index (χ3n) is 5.34. The molecular formula is C24H25N3O. The fourth-order valence-corrected chi connectivity index (χ4v) is 3.44. The van der Waals surface area contributed by atoms with Crippen LogP contribution in [0.2, 0.25) is 0 Å². The Balaban J connectivity index is 1.75. The topological polar surface area (TPSA) is 71.8 Å². The predicted molar refractivity (Wildman–Crippen MR) is 115 cm³/mol. The number of hydrogen-bond acceptors (Lipinski definition) is 3. The molecule has 4 rings (SSSR count). The monoisotopic (exact) mass is 371 g/mol. The number of imidazole rings is 1. The largest absolute Gasteiger partial charge is 0.341 e. The van der Waals surface area contributed by atoms with Gasteiger partial charge in [0.15, 0.2) is 5.78 Å². The van der Waals surface area contributed by atoms with E-state index in [1.54, 1.807) is 6.92 Å². The highest BCUT2D eigenvalue weighted by Crippen LogP contribution is 2.31. The SMILES string of the molecule is CC(=O)c1ccc2cc3cc(-c4cnc([C@@H](N)C(C)(C)C)[nH]4)ccc3cc2c1. The molecule has 0 aliphatic heterocycles. The molecule has 1 heterocycles. The van der Waals surface area contributed by atoms with Crippen LogP contribution in [0.3, 0.4) is 0 Å². The first-order valence-corrected chi connectivity index (χ1v) is 9.52. The Hall–Kier alpha value is -2.98. The number of aromatic nitrogens is 2. The Kier molecular flexibility index (Phi) is 4.31. The number of rotatable bonds is 3. The lowest BCUT2D eigenvalue weighted by molar-refractivity contribution is 0.101. The summed E-state index contributed by atoms with van der Waals surface area (Å²) in [4.78, 5) is 19.5. The molecule has 0 aliphatic rings. The van der Waals surface area contributed by atoms with Crippen molar-refractivity contribution in [2.24, 2.45) is 11.1 Å². The second-order valence-corrected chi connectivity index (χ2v) is 8.56. The predicted octanol–water partition coefficient (Wildman–Crippen LogP) is 5.63. The van der Waals surface area contributed by atoms with Crippen LogP contribution in [0, 0.1) is 5.41 Å². The minimum atomic E-state index is -0.152. The number of H-pyrrole nitrogens is 1. The van der Waals surface area contributed by atoms with Crippen molar-refractivity contribution in [3.8, 4) is 11.3 Å². The number of nitrogens with two attached hydrogens (primary N) is 1. The first-order valence-electron chi connectivity index (χ1n) is 9.52. The minimum absolute atomic E-state index is 0.0594. The van der Waals surface area contributed by atoms with E-state index in [9.17, 15) is 4.79 Å². The van der Waals surface area contributed by atoms with Gasteiger partial charge in [0.1, 0.15) is 5.82 Å². The Labute approximate surface area is 164 Å². The maximum absolute atomic E-state index is 11.6. The zero-order valence-electron chi connectivity index (χ0n) is 16.7. The van der Waals surface area contributed by atoms with E-state index in [0.717, 1.165) is 44.2 Å². The van der Waals surface area contributed by atoms with Gasteiger partial charge in [0.05, 0.1) is 17.9 Å². The number of carbonyl (C=O) groups is 1. The second kappa shape index (κ2) is 6.57. The van der Waals surface area contributed by atoms with E-state index in [-0.39, 0.29) is 17.2 Å². The summed E-state index contributed by atoms with van der Waals surface area (Å²) in [5.74, 6) is 0.888. The molecule has 3 N–H and O–H groups in total. The molecule has 0 spiro atoms. The van der Waals surface area contributed by atoms with Crippen LogP contribution in [0.1, 0.15) is 49.9 Å². The van der Waals surface area contributed by atoms with E-state index >= 15 is 0 Å². The van der Waals surface area contributed by atoms with Crippen LogP contribution in [0.4, 0.5) is 0 Å². The fraction of sp³-hybridized carbons (Fsp3) is 0.250. The molecule has 0 amide bonds. The van der Waals surface area contributed by atoms with Crippen molar-refractivity contribution >= 4 is 27.3 Å². The first kappa shape index (κ1) is 18.4. The van der Waals surface area contributed by atoms with E-state index in [1.165, 1.54) is 0 Å². The van der Waals surface area contributed by atoms with Crippen LogP contribution in [-0.2, 0) is 0 Å². The van der Waals surface area contributed by atoms with E-state index < -0.39 is 0 Å². The van der Waals surface area contributed by atoms with Crippen molar-refractivity contribution in [2.75, 3.05) is 0 Å². The number of ketones is 1. The fourth-order valence-electron chi connectivity index (χ4n) is 3.44. The third kappa shape index (κ3) is 3.32. The maximum Gasteiger partial charge on any atom is 0.159 e. The van der Waals surface area contributed by atoms with Crippen LogP contribution >= 0.6 is 0 Å². The van der Waals surface area contributed by atoms with Gasteiger partial charge in [0, 0.05) is 11.1 Å². The lowest BCUT2D eigenvalue weighted by Gasteiger charge is -2.25. The van der Waals surface area contributed by atoms with Crippen LogP contribution in [-0.4, -0.2) is 15.8 Å². The van der Waals surface area contributed by atoms with Crippen molar-refractivity contribution in [3.63, 3.8) is 0 Å². The van der Waals surface area contributed by atoms with Crippen molar-refractivity contribution in [3.05, 3.63) is 66.1 Å². The van der Waals surface area contributed by atoms with Gasteiger partial charge < -0.3 is 10.7 Å². The molecule has 28 heavy (non-hydrogen) atoms. The van der Waals surface area contributed by atoms with Crippen LogP contribution in [0.15, 0.2) is 54.7 Å². The Morgan fingerprint density at radius 2 is 1.61 bits per heavy atom. The first-order chi connectivity index (χ1) is 13.2. The molecule has 1 atom stereocenters. The van der Waals surface area contributed by atoms with Gasteiger partial charge in [-0.3, -0.25) is 4.79 Å². The molecule has 4 nitrogen and oxygen atoms in total. The van der Waals surface area contributed by atoms with Gasteiger partial charge in [-0.15, -0.1) is 0 Å². The van der Waals surface area contributed by atoms with Crippen LogP contribution < -0.4 is 5.73 Å². The third-order valence-corrected chi connectivity index (χ3v) is 5.34. The Morgan fingerprint density at radius 1 is 0.964 bits per heavy atom. The van der Waals surface area contributed by atoms with Gasteiger partial charge in [0.25, 0.3) is 0 Å². The lowest BCUT2D eigenvalue weighted by Crippen LogP contribution is -2.27. The molecule has 0 unspecified atom stereocenters. The van der Waals surface area contributed by atoms with Crippen molar-refractivity contribution < 1.29 is 4.79 Å². The van der Waals surface area contributed by atoms with Crippen molar-refractivity contribution in [1.82, 2.24) is 9.97 Å². The van der Waals surface area contributed by atoms with Crippen molar-refractivity contribution in [1.29, 1.82) is 0 Å². The molecule has 4 heteroatoms. The molecular weight excluding hydrogens is 346 g/mol. The van der Waals surface area contributed by atoms with Gasteiger partial charge in [-0.05, 0) is 58.1 Å². The average molecular weight is 371 g/mol. The highest BCUT2D eigenvalue weighted by atomic mass is 16.1. The van der Waals surface area contributed by atoms with Gasteiger partial charge in [-0.2, -0.15) is 0 Å². The summed E-state index contributed by atoms with van der Waals surface area (Å²) in [6.45, 7) is 7.92. The number of Topliss-reactive ketones (excluding diaryl/α,β-unsaturated/α-hetero) is 1. The summed E-state index contributed by atoms with van der Waals surface area (Å²) in [5, 5.41) is 4.49. The molecule has 3 aromatic carbocycles. The highest BCUT2D eigenvalue weighted by molar-refractivity contribution is 6.03. The number of benzene rings is 3. The summed E-state index contributed by atoms with van der Waals surface area (Å²) in [6.07, 6.45) is 1.85. The number of aromatic amines is 1. The standard InChI is InChI=1S/C24H25N3O/c1-14(28)15-5-6-16-11-20-12-18(8-7-17(20)10-19(16)9-15)21-13-26-23(27-21)22(25)24(2,3)4/h5-13,22H,25H2,1-4H3,(H,26,27)/t22-/m1/s1. The summed E-state index contributed by atoms with van der Waals surface area (Å²) >= 11 is 0. The maximum atomic E-state index is 11.6. The van der Waals surface area contributed by atoms with Gasteiger partial charge in [0.2, 0.25) is 0 Å². The van der Waals surface area contributed by atoms with E-state index in [1.807, 2.05) is 24.4 Å². The average Bonchev–Trinajstić information content (AvgIpc) is 3.14. The number of nitrogens with zero attached hydrogens (tertiary/aromatic N) is 1. The molecule has 0 saturated carbocycles. The van der Waals surface area contributed by atoms with Gasteiger partial charge in [-0.25, -0.2) is 4.98 Å². The zero-order valence-corrected chi connectivity index (χ0v) is 16.7. The second-order valence-electron chi connectivity index (χ2n) is 8.56. The molecule has 1 aromatic heterocycles. The number of fused-ring (bicyclic) bond motifs is 2.